The molecule has 2 aromatic rings. The van der Waals surface area contributed by atoms with E-state index in [1.165, 1.54) is 12.1 Å². The highest BCUT2D eigenvalue weighted by Crippen LogP contribution is 2.22. The normalized spacial score (nSPS) is 10.4. The summed E-state index contributed by atoms with van der Waals surface area (Å²) in [7, 11) is 0. The number of nitro groups is 1. The van der Waals surface area contributed by atoms with Crippen LogP contribution in [-0.2, 0) is 13.1 Å². The first-order valence-corrected chi connectivity index (χ1v) is 6.08. The Kier molecular flexibility index (Phi) is 4.43. The summed E-state index contributed by atoms with van der Waals surface area (Å²) < 4.78 is 0. The highest BCUT2D eigenvalue weighted by Gasteiger charge is 2.08. The third kappa shape index (κ3) is 3.74. The molecule has 0 atom stereocenters. The van der Waals surface area contributed by atoms with Gasteiger partial charge >= 0.3 is 0 Å². The van der Waals surface area contributed by atoms with Gasteiger partial charge < -0.3 is 5.32 Å². The van der Waals surface area contributed by atoms with Crippen molar-refractivity contribution in [3.8, 4) is 0 Å². The third-order valence-corrected chi connectivity index (χ3v) is 2.95. The number of aromatic nitrogens is 1. The van der Waals surface area contributed by atoms with Crippen LogP contribution in [0.3, 0.4) is 0 Å². The maximum Gasteiger partial charge on any atom is 0.270 e. The molecule has 0 bridgehead atoms. The zero-order valence-electron chi connectivity index (χ0n) is 10.0. The lowest BCUT2D eigenvalue weighted by Crippen LogP contribution is -2.13. The van der Waals surface area contributed by atoms with Gasteiger partial charge in [0.1, 0.15) is 0 Å². The molecule has 0 unspecified atom stereocenters. The lowest BCUT2D eigenvalue weighted by molar-refractivity contribution is -0.384. The number of nitro benzene ring substituents is 1. The number of benzene rings is 1. The summed E-state index contributed by atoms with van der Waals surface area (Å²) in [4.78, 5) is 14.3. The van der Waals surface area contributed by atoms with E-state index in [0.717, 1.165) is 11.3 Å². The molecule has 1 aromatic carbocycles. The van der Waals surface area contributed by atoms with E-state index in [1.807, 2.05) is 18.2 Å². The Bertz CT molecular complexity index is 575. The molecule has 1 aromatic heterocycles. The molecule has 0 saturated heterocycles. The third-order valence-electron chi connectivity index (χ3n) is 2.60. The lowest BCUT2D eigenvalue weighted by Gasteiger charge is -2.06. The molecule has 0 aliphatic rings. The molecule has 19 heavy (non-hydrogen) atoms. The van der Waals surface area contributed by atoms with E-state index in [9.17, 15) is 10.1 Å². The predicted molar refractivity (Wildman–Crippen MR) is 72.9 cm³/mol. The fourth-order valence-corrected chi connectivity index (χ4v) is 1.86. The molecule has 6 heteroatoms. The van der Waals surface area contributed by atoms with Crippen LogP contribution >= 0.6 is 11.6 Å². The molecule has 0 amide bonds. The van der Waals surface area contributed by atoms with Crippen molar-refractivity contribution in [1.29, 1.82) is 0 Å². The lowest BCUT2D eigenvalue weighted by atomic mass is 10.2. The topological polar surface area (TPSA) is 68.1 Å². The van der Waals surface area contributed by atoms with Crippen LogP contribution in [0.1, 0.15) is 11.3 Å². The summed E-state index contributed by atoms with van der Waals surface area (Å²) in [6.07, 6.45) is 1.73. The van der Waals surface area contributed by atoms with Crippen molar-refractivity contribution in [2.75, 3.05) is 0 Å². The van der Waals surface area contributed by atoms with Crippen molar-refractivity contribution in [3.63, 3.8) is 0 Å². The van der Waals surface area contributed by atoms with Gasteiger partial charge in [-0.15, -0.1) is 0 Å². The fraction of sp³-hybridized carbons (Fsp3) is 0.154. The number of rotatable bonds is 5. The minimum atomic E-state index is -0.461. The average molecular weight is 278 g/mol. The van der Waals surface area contributed by atoms with Gasteiger partial charge in [0.25, 0.3) is 5.69 Å². The van der Waals surface area contributed by atoms with Gasteiger partial charge in [-0.25, -0.2) is 0 Å². The Hall–Kier alpha value is -1.98. The number of non-ortho nitro benzene ring substituents is 1. The Balaban J connectivity index is 1.95. The molecule has 0 saturated carbocycles. The van der Waals surface area contributed by atoms with Crippen LogP contribution in [0.4, 0.5) is 5.69 Å². The summed E-state index contributed by atoms with van der Waals surface area (Å²) in [6.45, 7) is 1.15. The Morgan fingerprint density at radius 3 is 2.74 bits per heavy atom. The van der Waals surface area contributed by atoms with Crippen LogP contribution in [-0.4, -0.2) is 9.91 Å². The molecule has 2 rings (SSSR count). The second-order valence-corrected chi connectivity index (χ2v) is 4.36. The van der Waals surface area contributed by atoms with Crippen molar-refractivity contribution in [3.05, 3.63) is 69.0 Å². The molecule has 1 N–H and O–H groups in total. The van der Waals surface area contributed by atoms with Crippen LogP contribution in [0.15, 0.2) is 42.6 Å². The van der Waals surface area contributed by atoms with Crippen molar-refractivity contribution in [2.45, 2.75) is 13.1 Å². The Labute approximate surface area is 115 Å². The number of hydrogen-bond acceptors (Lipinski definition) is 4. The van der Waals surface area contributed by atoms with Crippen LogP contribution in [0.5, 0.6) is 0 Å². The van der Waals surface area contributed by atoms with Gasteiger partial charge in [0.05, 0.1) is 15.6 Å². The summed E-state index contributed by atoms with van der Waals surface area (Å²) >= 11 is 6.00. The molecule has 98 valence electrons. The predicted octanol–water partition coefficient (Wildman–Crippen LogP) is 2.93. The first-order valence-electron chi connectivity index (χ1n) is 5.70. The summed E-state index contributed by atoms with van der Waals surface area (Å²) in [5, 5.41) is 14.2. The smallest absolute Gasteiger partial charge is 0.270 e. The van der Waals surface area contributed by atoms with Crippen molar-refractivity contribution in [1.82, 2.24) is 10.3 Å². The van der Waals surface area contributed by atoms with Crippen molar-refractivity contribution >= 4 is 17.3 Å². The number of hydrogen-bond donors (Lipinski definition) is 1. The Morgan fingerprint density at radius 2 is 2.11 bits per heavy atom. The van der Waals surface area contributed by atoms with E-state index in [1.54, 1.807) is 12.3 Å². The second kappa shape index (κ2) is 6.26. The minimum Gasteiger partial charge on any atom is -0.307 e. The highest BCUT2D eigenvalue weighted by molar-refractivity contribution is 6.31. The molecule has 0 aliphatic heterocycles. The van der Waals surface area contributed by atoms with Crippen molar-refractivity contribution in [2.24, 2.45) is 0 Å². The van der Waals surface area contributed by atoms with Gasteiger partial charge in [-0.1, -0.05) is 17.7 Å². The maximum absolute atomic E-state index is 10.6. The zero-order valence-corrected chi connectivity index (χ0v) is 10.8. The summed E-state index contributed by atoms with van der Waals surface area (Å²) in [6, 6.07) is 10.2. The standard InChI is InChI=1S/C13H12ClN3O2/c14-13-7-12(17(18)19)5-4-10(13)8-15-9-11-3-1-2-6-16-11/h1-7,15H,8-9H2. The fourth-order valence-electron chi connectivity index (χ4n) is 1.62. The van der Waals surface area contributed by atoms with E-state index in [2.05, 4.69) is 10.3 Å². The number of halogens is 1. The summed E-state index contributed by atoms with van der Waals surface area (Å²) in [5.74, 6) is 0. The van der Waals surface area contributed by atoms with Crippen LogP contribution in [0.2, 0.25) is 5.02 Å². The molecule has 1 heterocycles. The first-order chi connectivity index (χ1) is 9.16. The number of pyridine rings is 1. The molecule has 0 radical (unpaired) electrons. The van der Waals surface area contributed by atoms with Crippen LogP contribution in [0.25, 0.3) is 0 Å². The Morgan fingerprint density at radius 1 is 1.26 bits per heavy atom. The molecule has 0 fully saturated rings. The van der Waals surface area contributed by atoms with Crippen LogP contribution in [0, 0.1) is 10.1 Å². The van der Waals surface area contributed by atoms with E-state index in [0.29, 0.717) is 18.1 Å². The minimum absolute atomic E-state index is 0.00141. The van der Waals surface area contributed by atoms with Crippen LogP contribution < -0.4 is 5.32 Å². The first kappa shape index (κ1) is 13.5. The quantitative estimate of drug-likeness (QED) is 0.674. The van der Waals surface area contributed by atoms with Gasteiger partial charge in [0.15, 0.2) is 0 Å². The SMILES string of the molecule is O=[N+]([O-])c1ccc(CNCc2ccccn2)c(Cl)c1. The number of nitrogens with zero attached hydrogens (tertiary/aromatic N) is 2. The van der Waals surface area contributed by atoms with E-state index >= 15 is 0 Å². The van der Waals surface area contributed by atoms with Gasteiger partial charge in [-0.3, -0.25) is 15.1 Å². The monoisotopic (exact) mass is 277 g/mol. The molecule has 0 aliphatic carbocycles. The van der Waals surface area contributed by atoms with Gasteiger partial charge in [-0.2, -0.15) is 0 Å². The zero-order chi connectivity index (χ0) is 13.7. The molecular formula is C13H12ClN3O2. The average Bonchev–Trinajstić information content (AvgIpc) is 2.41. The largest absolute Gasteiger partial charge is 0.307 e. The molecule has 5 nitrogen and oxygen atoms in total. The molecular weight excluding hydrogens is 266 g/mol. The van der Waals surface area contributed by atoms with Crippen molar-refractivity contribution < 1.29 is 4.92 Å². The molecule has 0 spiro atoms. The van der Waals surface area contributed by atoms with E-state index in [4.69, 9.17) is 11.6 Å². The van der Waals surface area contributed by atoms with Gasteiger partial charge in [0.2, 0.25) is 0 Å². The van der Waals surface area contributed by atoms with E-state index in [-0.39, 0.29) is 5.69 Å². The highest BCUT2D eigenvalue weighted by atomic mass is 35.5. The van der Waals surface area contributed by atoms with Gasteiger partial charge in [-0.05, 0) is 23.8 Å². The summed E-state index contributed by atoms with van der Waals surface area (Å²) in [5.41, 5.74) is 1.75. The second-order valence-electron chi connectivity index (χ2n) is 3.96. The van der Waals surface area contributed by atoms with Gasteiger partial charge in [0, 0.05) is 31.4 Å². The maximum atomic E-state index is 10.6. The number of nitrogens with one attached hydrogen (secondary N) is 1. The van der Waals surface area contributed by atoms with E-state index < -0.39 is 4.92 Å².